The van der Waals surface area contributed by atoms with E-state index in [0.29, 0.717) is 29.0 Å². The van der Waals surface area contributed by atoms with Crippen LogP contribution in [0.1, 0.15) is 44.3 Å². The van der Waals surface area contributed by atoms with E-state index >= 15 is 0 Å². The molecule has 2 aliphatic rings. The van der Waals surface area contributed by atoms with Crippen molar-refractivity contribution in [2.45, 2.75) is 18.7 Å². The maximum absolute atomic E-state index is 13.4. The number of fused-ring (bicyclic) bond motifs is 3. The zero-order valence-electron chi connectivity index (χ0n) is 19.5. The van der Waals surface area contributed by atoms with Crippen molar-refractivity contribution in [1.29, 1.82) is 0 Å². The second-order valence-corrected chi connectivity index (χ2v) is 8.80. The van der Waals surface area contributed by atoms with Gasteiger partial charge in [0.25, 0.3) is 12.1 Å². The highest BCUT2D eigenvalue weighted by Crippen LogP contribution is 2.43. The molecule has 2 unspecified atom stereocenters. The van der Waals surface area contributed by atoms with Crippen molar-refractivity contribution < 1.29 is 18.7 Å². The number of hydrogen-bond acceptors (Lipinski definition) is 6. The van der Waals surface area contributed by atoms with E-state index in [4.69, 9.17) is 9.84 Å². The van der Waals surface area contributed by atoms with Gasteiger partial charge < -0.3 is 10.1 Å². The first-order chi connectivity index (χ1) is 18.1. The summed E-state index contributed by atoms with van der Waals surface area (Å²) in [6.07, 6.45) is 2.81. The molecule has 182 valence electrons. The monoisotopic (exact) mass is 492 g/mol. The van der Waals surface area contributed by atoms with Crippen LogP contribution in [0.5, 0.6) is 5.75 Å². The zero-order valence-corrected chi connectivity index (χ0v) is 19.5. The molecule has 0 aliphatic carbocycles. The van der Waals surface area contributed by atoms with Crippen LogP contribution in [0.4, 0.5) is 10.1 Å². The molecule has 2 atom stereocenters. The van der Waals surface area contributed by atoms with Crippen molar-refractivity contribution in [3.8, 4) is 5.75 Å². The highest BCUT2D eigenvalue weighted by atomic mass is 19.1. The van der Waals surface area contributed by atoms with E-state index in [1.165, 1.54) is 24.3 Å². The normalized spacial score (nSPS) is 17.8. The number of amides is 1. The highest BCUT2D eigenvalue weighted by Gasteiger charge is 2.43. The molecule has 1 N–H and O–H groups in total. The number of hydrazone groups is 1. The third-order valence-electron chi connectivity index (χ3n) is 6.45. The number of carbonyl (C=O) groups is 2. The molecule has 3 aromatic carbocycles. The van der Waals surface area contributed by atoms with Crippen molar-refractivity contribution in [1.82, 2.24) is 9.99 Å². The van der Waals surface area contributed by atoms with E-state index in [1.54, 1.807) is 41.7 Å². The van der Waals surface area contributed by atoms with Crippen LogP contribution in [0.2, 0.25) is 0 Å². The Morgan fingerprint density at radius 1 is 0.919 bits per heavy atom. The van der Waals surface area contributed by atoms with Gasteiger partial charge in [0.1, 0.15) is 11.6 Å². The number of anilines is 1. The fraction of sp³-hybridized carbons (Fsp3) is 0.103. The number of aromatic nitrogens is 1. The van der Waals surface area contributed by atoms with Crippen LogP contribution in [0.25, 0.3) is 0 Å². The van der Waals surface area contributed by atoms with E-state index in [0.717, 1.165) is 16.8 Å². The topological polar surface area (TPSA) is 83.9 Å². The fourth-order valence-corrected chi connectivity index (χ4v) is 4.59. The van der Waals surface area contributed by atoms with E-state index < -0.39 is 12.0 Å². The lowest BCUT2D eigenvalue weighted by atomic mass is 9.95. The number of benzene rings is 3. The van der Waals surface area contributed by atoms with Gasteiger partial charge in [-0.15, -0.1) is 0 Å². The Hall–Kier alpha value is -4.85. The number of halogens is 1. The van der Waals surface area contributed by atoms with Crippen LogP contribution in [-0.4, -0.2) is 33.6 Å². The minimum atomic E-state index is -0.979. The summed E-state index contributed by atoms with van der Waals surface area (Å²) in [5.41, 5.74) is 4.03. The SMILES string of the molecule is O=C(Nc1cccnc1)c1ccc(C2=NN3C(C(=O)c4ccc(F)cc4)Oc4ccccc4C3C2)cc1. The van der Waals surface area contributed by atoms with Gasteiger partial charge in [0.2, 0.25) is 5.78 Å². The summed E-state index contributed by atoms with van der Waals surface area (Å²) in [5, 5.41) is 9.29. The predicted octanol–water partition coefficient (Wildman–Crippen LogP) is 5.23. The first-order valence-electron chi connectivity index (χ1n) is 11.8. The average Bonchev–Trinajstić information content (AvgIpc) is 3.39. The van der Waals surface area contributed by atoms with E-state index in [2.05, 4.69) is 10.3 Å². The van der Waals surface area contributed by atoms with Gasteiger partial charge in [-0.3, -0.25) is 14.6 Å². The Balaban J connectivity index is 1.28. The Bertz CT molecular complexity index is 1500. The van der Waals surface area contributed by atoms with Crippen molar-refractivity contribution in [3.05, 3.63) is 125 Å². The first kappa shape index (κ1) is 22.6. The summed E-state index contributed by atoms with van der Waals surface area (Å²) in [7, 11) is 0. The fourth-order valence-electron chi connectivity index (χ4n) is 4.59. The van der Waals surface area contributed by atoms with Crippen LogP contribution in [-0.2, 0) is 0 Å². The minimum Gasteiger partial charge on any atom is -0.461 e. The number of Topliss-reactive ketones (excluding diaryl/α,β-unsaturated/α-hetero) is 1. The summed E-state index contributed by atoms with van der Waals surface area (Å²) >= 11 is 0. The second-order valence-electron chi connectivity index (χ2n) is 8.80. The maximum atomic E-state index is 13.4. The Kier molecular flexibility index (Phi) is 5.69. The number of ether oxygens (including phenoxy) is 1. The van der Waals surface area contributed by atoms with Crippen molar-refractivity contribution >= 4 is 23.1 Å². The largest absolute Gasteiger partial charge is 0.461 e. The molecule has 4 aromatic rings. The van der Waals surface area contributed by atoms with Crippen molar-refractivity contribution in [2.75, 3.05) is 5.32 Å². The molecule has 0 radical (unpaired) electrons. The molecule has 0 saturated heterocycles. The van der Waals surface area contributed by atoms with Crippen LogP contribution in [0, 0.1) is 5.82 Å². The zero-order chi connectivity index (χ0) is 25.4. The summed E-state index contributed by atoms with van der Waals surface area (Å²) in [6.45, 7) is 0. The molecule has 0 fully saturated rings. The number of nitrogens with zero attached hydrogens (tertiary/aromatic N) is 3. The Labute approximate surface area is 212 Å². The van der Waals surface area contributed by atoms with Crippen molar-refractivity contribution in [2.24, 2.45) is 5.10 Å². The molecule has 7 nitrogen and oxygen atoms in total. The maximum Gasteiger partial charge on any atom is 0.255 e. The third kappa shape index (κ3) is 4.33. The molecule has 1 amide bonds. The molecule has 0 spiro atoms. The van der Waals surface area contributed by atoms with Gasteiger partial charge in [0, 0.05) is 29.3 Å². The summed E-state index contributed by atoms with van der Waals surface area (Å²) < 4.78 is 19.5. The van der Waals surface area contributed by atoms with Crippen LogP contribution < -0.4 is 10.1 Å². The van der Waals surface area contributed by atoms with Crippen LogP contribution in [0.3, 0.4) is 0 Å². The molecule has 8 heteroatoms. The molecule has 0 bridgehead atoms. The summed E-state index contributed by atoms with van der Waals surface area (Å²) in [4.78, 5) is 30.0. The third-order valence-corrected chi connectivity index (χ3v) is 6.45. The van der Waals surface area contributed by atoms with Gasteiger partial charge in [-0.25, -0.2) is 9.40 Å². The average molecular weight is 493 g/mol. The lowest BCUT2D eigenvalue weighted by molar-refractivity contribution is -0.00456. The van der Waals surface area contributed by atoms with E-state index in [9.17, 15) is 14.0 Å². The molecule has 1 aromatic heterocycles. The van der Waals surface area contributed by atoms with Crippen LogP contribution in [0.15, 0.2) is 102 Å². The molecule has 2 aliphatic heterocycles. The Morgan fingerprint density at radius 2 is 1.68 bits per heavy atom. The van der Waals surface area contributed by atoms with Gasteiger partial charge in [-0.1, -0.05) is 30.3 Å². The molecular weight excluding hydrogens is 471 g/mol. The van der Waals surface area contributed by atoms with Crippen molar-refractivity contribution in [3.63, 3.8) is 0 Å². The number of carbonyl (C=O) groups excluding carboxylic acids is 2. The van der Waals surface area contributed by atoms with Gasteiger partial charge in [0.15, 0.2) is 0 Å². The van der Waals surface area contributed by atoms with Gasteiger partial charge in [-0.2, -0.15) is 5.10 Å². The number of hydrogen-bond donors (Lipinski definition) is 1. The molecule has 0 saturated carbocycles. The van der Waals surface area contributed by atoms with Gasteiger partial charge >= 0.3 is 0 Å². The molecule has 3 heterocycles. The van der Waals surface area contributed by atoms with E-state index in [-0.39, 0.29) is 17.7 Å². The molecular formula is C29H21FN4O3. The van der Waals surface area contributed by atoms with E-state index in [1.807, 2.05) is 36.4 Å². The highest BCUT2D eigenvalue weighted by molar-refractivity contribution is 6.06. The smallest absolute Gasteiger partial charge is 0.255 e. The lowest BCUT2D eigenvalue weighted by Gasteiger charge is -2.37. The number of ketones is 1. The minimum absolute atomic E-state index is 0.192. The number of para-hydroxylation sites is 1. The summed E-state index contributed by atoms with van der Waals surface area (Å²) in [6, 6.07) is 23.5. The van der Waals surface area contributed by atoms with Gasteiger partial charge in [-0.05, 0) is 60.2 Å². The lowest BCUT2D eigenvalue weighted by Crippen LogP contribution is -2.45. The first-order valence-corrected chi connectivity index (χ1v) is 11.8. The predicted molar refractivity (Wildman–Crippen MR) is 136 cm³/mol. The second kappa shape index (κ2) is 9.31. The number of nitrogens with one attached hydrogen (secondary N) is 1. The Morgan fingerprint density at radius 3 is 2.43 bits per heavy atom. The number of pyridine rings is 1. The van der Waals surface area contributed by atoms with Crippen LogP contribution >= 0.6 is 0 Å². The number of rotatable bonds is 5. The summed E-state index contributed by atoms with van der Waals surface area (Å²) in [5.74, 6) is -0.323. The standard InChI is InChI=1S/C29H21FN4O3/c30-21-13-11-19(12-14-21)27(35)29-34-25(23-5-1-2-6-26(23)37-29)16-24(33-34)18-7-9-20(10-8-18)28(36)32-22-4-3-15-31-17-22/h1-15,17,25,29H,16H2,(H,32,36). The van der Waals surface area contributed by atoms with Gasteiger partial charge in [0.05, 0.1) is 23.6 Å². The molecule has 37 heavy (non-hydrogen) atoms. The molecule has 6 rings (SSSR count). The quantitative estimate of drug-likeness (QED) is 0.386.